The Bertz CT molecular complexity index is 676. The molecule has 0 amide bonds. The van der Waals surface area contributed by atoms with Crippen molar-refractivity contribution in [1.82, 2.24) is 4.98 Å². The van der Waals surface area contributed by atoms with Crippen LogP contribution in [0.1, 0.15) is 20.3 Å². The lowest BCUT2D eigenvalue weighted by Gasteiger charge is -2.28. The van der Waals surface area contributed by atoms with Gasteiger partial charge in [0.25, 0.3) is 0 Å². The van der Waals surface area contributed by atoms with Gasteiger partial charge in [-0.05, 0) is 25.3 Å². The fourth-order valence-electron chi connectivity index (χ4n) is 2.67. The third kappa shape index (κ3) is 2.89. The van der Waals surface area contributed by atoms with E-state index in [-0.39, 0.29) is 11.7 Å². The molecule has 0 bridgehead atoms. The van der Waals surface area contributed by atoms with Gasteiger partial charge in [-0.2, -0.15) is 0 Å². The van der Waals surface area contributed by atoms with Crippen LogP contribution in [0, 0.1) is 5.92 Å². The third-order valence-corrected chi connectivity index (χ3v) is 7.05. The molecule has 0 spiro atoms. The summed E-state index contributed by atoms with van der Waals surface area (Å²) in [6.07, 6.45) is 0.666. The number of nitrogens with zero attached hydrogens (tertiary/aromatic N) is 2. The zero-order valence-corrected chi connectivity index (χ0v) is 14.2. The molecule has 6 nitrogen and oxygen atoms in total. The van der Waals surface area contributed by atoms with E-state index >= 15 is 0 Å². The zero-order chi connectivity index (χ0) is 16.0. The van der Waals surface area contributed by atoms with E-state index in [0.29, 0.717) is 43.6 Å². The second kappa shape index (κ2) is 5.54. The molecule has 1 N–H and O–H groups in total. The monoisotopic (exact) mass is 345 g/mol. The van der Waals surface area contributed by atoms with Crippen molar-refractivity contribution in [3.05, 3.63) is 17.2 Å². The molecule has 1 aromatic rings. The topological polar surface area (TPSA) is 71.5 Å². The minimum Gasteiger partial charge on any atom is -0.378 e. The highest BCUT2D eigenvalue weighted by molar-refractivity contribution is 7.94. The van der Waals surface area contributed by atoms with Crippen LogP contribution in [0.4, 0.5) is 11.6 Å². The fourth-order valence-corrected chi connectivity index (χ4v) is 4.48. The van der Waals surface area contributed by atoms with Crippen molar-refractivity contribution in [1.29, 1.82) is 0 Å². The molecular weight excluding hydrogens is 326 g/mol. The third-order valence-electron chi connectivity index (χ3n) is 4.56. The summed E-state index contributed by atoms with van der Waals surface area (Å²) in [5, 5.41) is 0.461. The summed E-state index contributed by atoms with van der Waals surface area (Å²) >= 11 is 6.12. The van der Waals surface area contributed by atoms with Gasteiger partial charge in [-0.25, -0.2) is 13.4 Å². The molecule has 22 heavy (non-hydrogen) atoms. The van der Waals surface area contributed by atoms with Gasteiger partial charge in [0.2, 0.25) is 10.0 Å². The summed E-state index contributed by atoms with van der Waals surface area (Å²) in [6.45, 7) is 6.38. The lowest BCUT2D eigenvalue weighted by Crippen LogP contribution is -2.37. The molecule has 1 saturated heterocycles. The van der Waals surface area contributed by atoms with Gasteiger partial charge >= 0.3 is 0 Å². The van der Waals surface area contributed by atoms with Gasteiger partial charge in [0.15, 0.2) is 0 Å². The molecule has 1 aromatic heterocycles. The Morgan fingerprint density at radius 3 is 2.64 bits per heavy atom. The Morgan fingerprint density at radius 1 is 1.41 bits per heavy atom. The number of ether oxygens (including phenoxy) is 1. The number of morpholine rings is 1. The van der Waals surface area contributed by atoms with Crippen LogP contribution in [0.25, 0.3) is 0 Å². The molecule has 2 aliphatic rings. The number of pyridine rings is 1. The predicted molar refractivity (Wildman–Crippen MR) is 87.0 cm³/mol. The molecule has 122 valence electrons. The number of anilines is 2. The molecule has 8 heteroatoms. The van der Waals surface area contributed by atoms with Gasteiger partial charge < -0.3 is 9.64 Å². The van der Waals surface area contributed by atoms with Crippen LogP contribution in [0.5, 0.6) is 0 Å². The number of sulfonamides is 1. The lowest BCUT2D eigenvalue weighted by molar-refractivity contribution is 0.122. The minimum absolute atomic E-state index is 0.155. The molecule has 0 radical (unpaired) electrons. The Morgan fingerprint density at radius 2 is 2.05 bits per heavy atom. The summed E-state index contributed by atoms with van der Waals surface area (Å²) < 4.78 is 32.1. The van der Waals surface area contributed by atoms with Crippen molar-refractivity contribution in [3.63, 3.8) is 0 Å². The van der Waals surface area contributed by atoms with Crippen LogP contribution >= 0.6 is 11.6 Å². The maximum atomic E-state index is 12.5. The first-order chi connectivity index (χ1) is 10.3. The van der Waals surface area contributed by atoms with Gasteiger partial charge in [-0.3, -0.25) is 4.72 Å². The lowest BCUT2D eigenvalue weighted by atomic mass is 10.3. The van der Waals surface area contributed by atoms with Crippen LogP contribution in [-0.2, 0) is 14.8 Å². The van der Waals surface area contributed by atoms with Crippen molar-refractivity contribution in [3.8, 4) is 0 Å². The normalized spacial score (nSPS) is 28.5. The first kappa shape index (κ1) is 15.8. The smallest absolute Gasteiger partial charge is 0.239 e. The van der Waals surface area contributed by atoms with Crippen molar-refractivity contribution >= 4 is 33.3 Å². The number of rotatable bonds is 4. The molecule has 1 aliphatic heterocycles. The molecule has 2 fully saturated rings. The van der Waals surface area contributed by atoms with E-state index in [1.165, 1.54) is 0 Å². The van der Waals surface area contributed by atoms with E-state index in [9.17, 15) is 8.42 Å². The Labute approximate surface area is 135 Å². The van der Waals surface area contributed by atoms with Crippen molar-refractivity contribution in [2.24, 2.45) is 5.92 Å². The van der Waals surface area contributed by atoms with Gasteiger partial charge in [0.1, 0.15) is 11.6 Å². The molecular formula is C14H20ClN3O3S. The first-order valence-corrected chi connectivity index (χ1v) is 9.20. The van der Waals surface area contributed by atoms with Crippen molar-refractivity contribution < 1.29 is 13.2 Å². The van der Waals surface area contributed by atoms with E-state index in [1.54, 1.807) is 19.1 Å². The van der Waals surface area contributed by atoms with Crippen LogP contribution in [0.2, 0.25) is 5.02 Å². The maximum absolute atomic E-state index is 12.5. The summed E-state index contributed by atoms with van der Waals surface area (Å²) in [5.74, 6) is 1.10. The summed E-state index contributed by atoms with van der Waals surface area (Å²) in [7, 11) is -3.47. The molecule has 2 atom stereocenters. The molecule has 3 rings (SSSR count). The van der Waals surface area contributed by atoms with E-state index in [0.717, 1.165) is 0 Å². The molecule has 1 saturated carbocycles. The average molecular weight is 346 g/mol. The second-order valence-electron chi connectivity index (χ2n) is 6.15. The van der Waals surface area contributed by atoms with Crippen LogP contribution in [0.3, 0.4) is 0 Å². The number of halogens is 1. The standard InChI is InChI=1S/C14H20ClN3O3S/c1-10-9-14(10,2)22(19,20)17-12-7-11(15)8-13(16-12)18-3-5-21-6-4-18/h7-8,10H,3-6,9H2,1-2H3,(H,16,17). The maximum Gasteiger partial charge on any atom is 0.239 e. The highest BCUT2D eigenvalue weighted by Crippen LogP contribution is 2.49. The highest BCUT2D eigenvalue weighted by Gasteiger charge is 2.57. The van der Waals surface area contributed by atoms with Gasteiger partial charge in [0.05, 0.1) is 18.0 Å². The molecule has 1 aliphatic carbocycles. The Kier molecular flexibility index (Phi) is 3.99. The van der Waals surface area contributed by atoms with E-state index in [1.807, 2.05) is 11.8 Å². The number of hydrogen-bond donors (Lipinski definition) is 1. The van der Waals surface area contributed by atoms with Crippen LogP contribution in [0.15, 0.2) is 12.1 Å². The SMILES string of the molecule is CC1CC1(C)S(=O)(=O)Nc1cc(Cl)cc(N2CCOCC2)n1. The summed E-state index contributed by atoms with van der Waals surface area (Å²) in [4.78, 5) is 6.44. The first-order valence-electron chi connectivity index (χ1n) is 7.34. The number of nitrogens with one attached hydrogen (secondary N) is 1. The summed E-state index contributed by atoms with van der Waals surface area (Å²) in [5.41, 5.74) is 0. The second-order valence-corrected chi connectivity index (χ2v) is 8.73. The molecule has 2 heterocycles. The van der Waals surface area contributed by atoms with E-state index < -0.39 is 14.8 Å². The molecule has 0 aromatic carbocycles. The molecule has 2 unspecified atom stereocenters. The van der Waals surface area contributed by atoms with Gasteiger partial charge in [-0.15, -0.1) is 0 Å². The predicted octanol–water partition coefficient (Wildman–Crippen LogP) is 2.11. The zero-order valence-electron chi connectivity index (χ0n) is 12.7. The Hall–Kier alpha value is -1.05. The summed E-state index contributed by atoms with van der Waals surface area (Å²) in [6, 6.07) is 3.28. The number of aromatic nitrogens is 1. The van der Waals surface area contributed by atoms with Crippen molar-refractivity contribution in [2.45, 2.75) is 25.0 Å². The van der Waals surface area contributed by atoms with Gasteiger partial charge in [0, 0.05) is 24.2 Å². The minimum atomic E-state index is -3.47. The number of hydrogen-bond acceptors (Lipinski definition) is 5. The van der Waals surface area contributed by atoms with Crippen LogP contribution in [-0.4, -0.2) is 44.5 Å². The largest absolute Gasteiger partial charge is 0.378 e. The van der Waals surface area contributed by atoms with Gasteiger partial charge in [-0.1, -0.05) is 18.5 Å². The highest BCUT2D eigenvalue weighted by atomic mass is 35.5. The quantitative estimate of drug-likeness (QED) is 0.905. The average Bonchev–Trinajstić information content (AvgIpc) is 3.08. The van der Waals surface area contributed by atoms with Crippen molar-refractivity contribution in [2.75, 3.05) is 35.9 Å². The van der Waals surface area contributed by atoms with E-state index in [4.69, 9.17) is 16.3 Å². The fraction of sp³-hybridized carbons (Fsp3) is 0.643. The van der Waals surface area contributed by atoms with Crippen LogP contribution < -0.4 is 9.62 Å². The van der Waals surface area contributed by atoms with E-state index in [2.05, 4.69) is 9.71 Å². The Balaban J connectivity index is 1.84.